The summed E-state index contributed by atoms with van der Waals surface area (Å²) >= 11 is 0. The van der Waals surface area contributed by atoms with Crippen LogP contribution >= 0.6 is 0 Å². The van der Waals surface area contributed by atoms with E-state index >= 15 is 0 Å². The van der Waals surface area contributed by atoms with Crippen LogP contribution in [0.5, 0.6) is 0 Å². The zero-order valence-electron chi connectivity index (χ0n) is 41.1. The van der Waals surface area contributed by atoms with Gasteiger partial charge in [0.25, 0.3) is 0 Å². The first-order valence-corrected chi connectivity index (χ1v) is 26.4. The van der Waals surface area contributed by atoms with Crippen LogP contribution in [0.15, 0.2) is 253 Å². The molecule has 0 N–H and O–H groups in total. The first-order valence-electron chi connectivity index (χ1n) is 26.4. The Balaban J connectivity index is 1.06. The van der Waals surface area contributed by atoms with E-state index in [9.17, 15) is 0 Å². The minimum Gasteiger partial charge on any atom is -0.456 e. The van der Waals surface area contributed by atoms with Crippen LogP contribution in [0.1, 0.15) is 0 Å². The zero-order valence-corrected chi connectivity index (χ0v) is 41.1. The molecule has 3 nitrogen and oxygen atoms in total. The Morgan fingerprint density at radius 2 is 0.882 bits per heavy atom. The lowest BCUT2D eigenvalue weighted by molar-refractivity contribution is 0.669. The summed E-state index contributed by atoms with van der Waals surface area (Å²) in [6.45, 7) is -0.205. The summed E-state index contributed by atoms with van der Waals surface area (Å²) in [5.41, 5.74) is 17.3. The Kier molecular flexibility index (Phi) is 7.94. The van der Waals surface area contributed by atoms with Crippen molar-refractivity contribution in [2.45, 2.75) is 0 Å². The second kappa shape index (κ2) is 14.9. The number of para-hydroxylation sites is 1. The van der Waals surface area contributed by atoms with Crippen molar-refractivity contribution in [3.05, 3.63) is 249 Å². The average Bonchev–Trinajstić information content (AvgIpc) is 3.82. The lowest BCUT2D eigenvalue weighted by atomic mass is 9.44. The third-order valence-electron chi connectivity index (χ3n) is 17.2. The maximum Gasteiger partial charge on any atom is 0.333 e. The molecule has 18 rings (SSSR count). The van der Waals surface area contributed by atoms with E-state index < -0.39 is 0 Å². The molecule has 2 aliphatic heterocycles. The van der Waals surface area contributed by atoms with Crippen molar-refractivity contribution in [3.8, 4) is 33.4 Å². The molecule has 14 aromatic carbocycles. The van der Waals surface area contributed by atoms with Gasteiger partial charge in [-0.2, -0.15) is 0 Å². The fraction of sp³-hybridized carbons (Fsp3) is 0. The Bertz CT molecular complexity index is 5190. The third-order valence-corrected chi connectivity index (χ3v) is 17.2. The number of benzene rings is 14. The molecule has 0 radical (unpaired) electrons. The Morgan fingerprint density at radius 1 is 0.329 bits per heavy atom. The standard InChI is InChI=1S/C72H41BN2O/c1-3-17-42(18-4-1)46-33-47(43-19-5-2-6-20-43)35-50(34-46)74-63-40-49-38-59-56-28-14-12-26-54(56)53-25-11-13-27-55(53)58(59)37-48(49)39-61(63)73-71-64(74)41-66-68(57-29-15-16-30-65(57)76-66)69(71)60-36-45-22-8-10-24-52(45)70-67-51-23-9-7-21-44(51)31-32-62(67)75(73)72(60)70/h1-41H. The second-order valence-corrected chi connectivity index (χ2v) is 21.1. The van der Waals surface area contributed by atoms with Crippen LogP contribution in [0.3, 0.4) is 0 Å². The van der Waals surface area contributed by atoms with Crippen LogP contribution in [0.2, 0.25) is 0 Å². The average molecular weight is 961 g/mol. The van der Waals surface area contributed by atoms with E-state index in [-0.39, 0.29) is 6.85 Å². The van der Waals surface area contributed by atoms with Crippen LogP contribution in [0.25, 0.3) is 142 Å². The van der Waals surface area contributed by atoms with Crippen LogP contribution in [-0.2, 0) is 0 Å². The maximum atomic E-state index is 7.13. The molecular formula is C72H41BN2O. The van der Waals surface area contributed by atoms with Crippen molar-refractivity contribution < 1.29 is 4.42 Å². The first-order chi connectivity index (χ1) is 37.7. The number of hydrogen-bond donors (Lipinski definition) is 0. The number of aromatic nitrogens is 1. The Labute approximate surface area is 436 Å². The van der Waals surface area contributed by atoms with Crippen molar-refractivity contribution in [1.29, 1.82) is 0 Å². The van der Waals surface area contributed by atoms with Gasteiger partial charge in [0.1, 0.15) is 11.2 Å². The number of fused-ring (bicyclic) bond motifs is 22. The quantitative estimate of drug-likeness (QED) is 0.1000. The van der Waals surface area contributed by atoms with Gasteiger partial charge in [0.15, 0.2) is 0 Å². The summed E-state index contributed by atoms with van der Waals surface area (Å²) < 4.78 is 9.86. The smallest absolute Gasteiger partial charge is 0.333 e. The summed E-state index contributed by atoms with van der Waals surface area (Å²) in [4.78, 5) is 2.59. The molecule has 0 spiro atoms. The fourth-order valence-corrected chi connectivity index (χ4v) is 14.1. The molecule has 0 bridgehead atoms. The summed E-state index contributed by atoms with van der Waals surface area (Å²) in [7, 11) is 0. The highest BCUT2D eigenvalue weighted by atomic mass is 16.3. The van der Waals surface area contributed by atoms with Gasteiger partial charge >= 0.3 is 6.85 Å². The monoisotopic (exact) mass is 960 g/mol. The van der Waals surface area contributed by atoms with Crippen LogP contribution in [-0.4, -0.2) is 11.3 Å². The van der Waals surface area contributed by atoms with E-state index in [1.165, 1.54) is 120 Å². The molecule has 0 atom stereocenters. The normalized spacial score (nSPS) is 12.9. The number of rotatable bonds is 3. The molecule has 4 heterocycles. The molecule has 4 heteroatoms. The maximum absolute atomic E-state index is 7.13. The summed E-state index contributed by atoms with van der Waals surface area (Å²) in [6.07, 6.45) is 0. The van der Waals surface area contributed by atoms with Gasteiger partial charge in [-0.25, -0.2) is 0 Å². The van der Waals surface area contributed by atoms with Gasteiger partial charge < -0.3 is 13.8 Å². The van der Waals surface area contributed by atoms with Gasteiger partial charge in [0.2, 0.25) is 0 Å². The van der Waals surface area contributed by atoms with Gasteiger partial charge in [-0.3, -0.25) is 0 Å². The Hall–Kier alpha value is -9.90. The van der Waals surface area contributed by atoms with Crippen molar-refractivity contribution in [3.63, 3.8) is 0 Å². The highest BCUT2D eigenvalue weighted by Crippen LogP contribution is 2.53. The van der Waals surface area contributed by atoms with Gasteiger partial charge in [0, 0.05) is 61.3 Å². The van der Waals surface area contributed by atoms with Crippen LogP contribution < -0.4 is 15.8 Å². The van der Waals surface area contributed by atoms with Gasteiger partial charge in [-0.1, -0.05) is 188 Å². The number of anilines is 3. The molecule has 0 aliphatic carbocycles. The second-order valence-electron chi connectivity index (χ2n) is 21.1. The molecule has 348 valence electrons. The van der Waals surface area contributed by atoms with Crippen molar-refractivity contribution >= 4 is 143 Å². The van der Waals surface area contributed by atoms with E-state index in [0.29, 0.717) is 0 Å². The molecule has 16 aromatic rings. The molecule has 0 amide bonds. The summed E-state index contributed by atoms with van der Waals surface area (Å²) in [5.74, 6) is 0. The number of nitrogens with zero attached hydrogens (tertiary/aromatic N) is 2. The highest BCUT2D eigenvalue weighted by Gasteiger charge is 2.45. The minimum absolute atomic E-state index is 0.205. The lowest BCUT2D eigenvalue weighted by Gasteiger charge is -2.41. The highest BCUT2D eigenvalue weighted by molar-refractivity contribution is 6.90. The molecule has 0 unspecified atom stereocenters. The van der Waals surface area contributed by atoms with Gasteiger partial charge in [-0.05, 0) is 158 Å². The van der Waals surface area contributed by atoms with Gasteiger partial charge in [-0.15, -0.1) is 0 Å². The Morgan fingerprint density at radius 3 is 1.55 bits per heavy atom. The zero-order chi connectivity index (χ0) is 49.3. The predicted molar refractivity (Wildman–Crippen MR) is 323 cm³/mol. The van der Waals surface area contributed by atoms with E-state index in [1.54, 1.807) is 0 Å². The topological polar surface area (TPSA) is 21.3 Å². The largest absolute Gasteiger partial charge is 0.456 e. The van der Waals surface area contributed by atoms with Crippen LogP contribution in [0, 0.1) is 0 Å². The van der Waals surface area contributed by atoms with E-state index in [0.717, 1.165) is 50.1 Å². The summed E-state index contributed by atoms with van der Waals surface area (Å²) in [6, 6.07) is 93.0. The van der Waals surface area contributed by atoms with E-state index in [2.05, 4.69) is 258 Å². The van der Waals surface area contributed by atoms with E-state index in [1.807, 2.05) is 0 Å². The van der Waals surface area contributed by atoms with Crippen molar-refractivity contribution in [1.82, 2.24) is 4.48 Å². The molecule has 0 saturated carbocycles. The van der Waals surface area contributed by atoms with Crippen molar-refractivity contribution in [2.24, 2.45) is 0 Å². The molecule has 0 saturated heterocycles. The third kappa shape index (κ3) is 5.37. The van der Waals surface area contributed by atoms with E-state index in [4.69, 9.17) is 4.42 Å². The SMILES string of the molecule is c1ccc(-c2cc(-c3ccccc3)cc(N3c4cc5cc6c7ccccc7c7ccccc7c6cc5cc4B4c5c3cc3oc6ccccc6c3c5-c3cc5ccccc5c5c6c7ccccc7ccc6n4c35)c2)cc1. The van der Waals surface area contributed by atoms with Gasteiger partial charge in [0.05, 0.1) is 0 Å². The van der Waals surface area contributed by atoms with Crippen LogP contribution in [0.4, 0.5) is 17.1 Å². The predicted octanol–water partition coefficient (Wildman–Crippen LogP) is 18.4. The minimum atomic E-state index is -0.205. The number of hydrogen-bond acceptors (Lipinski definition) is 2. The fourth-order valence-electron chi connectivity index (χ4n) is 14.1. The molecular weight excluding hydrogens is 920 g/mol. The van der Waals surface area contributed by atoms with Crippen molar-refractivity contribution in [2.75, 3.05) is 4.90 Å². The molecule has 76 heavy (non-hydrogen) atoms. The summed E-state index contributed by atoms with van der Waals surface area (Å²) in [5, 5.41) is 19.9. The lowest BCUT2D eigenvalue weighted by Crippen LogP contribution is -2.56. The number of furan rings is 1. The first kappa shape index (κ1) is 40.6. The molecule has 2 aliphatic rings. The molecule has 2 aromatic heterocycles. The molecule has 0 fully saturated rings.